The molecule has 0 aromatic heterocycles. The lowest BCUT2D eigenvalue weighted by molar-refractivity contribution is -0.147. The molecule has 0 aliphatic rings. The van der Waals surface area contributed by atoms with Crippen LogP contribution in [0.4, 0.5) is 0 Å². The van der Waals surface area contributed by atoms with Gasteiger partial charge in [-0.2, -0.15) is 0 Å². The van der Waals surface area contributed by atoms with E-state index in [1.807, 2.05) is 0 Å². The van der Waals surface area contributed by atoms with E-state index in [9.17, 15) is 9.90 Å². The fourth-order valence-corrected chi connectivity index (χ4v) is 2.52. The molecule has 0 aromatic rings. The topological polar surface area (TPSA) is 66.8 Å². The number of aliphatic hydroxyl groups is 2. The fourth-order valence-electron chi connectivity index (χ4n) is 2.52. The van der Waals surface area contributed by atoms with Crippen LogP contribution in [0.2, 0.25) is 0 Å². The summed E-state index contributed by atoms with van der Waals surface area (Å²) in [5, 5.41) is 18.6. The number of hydrogen-bond acceptors (Lipinski definition) is 4. The van der Waals surface area contributed by atoms with Crippen molar-refractivity contribution in [3.05, 3.63) is 12.2 Å². The number of ether oxygens (including phenoxy) is 1. The third-order valence-corrected chi connectivity index (χ3v) is 4.01. The van der Waals surface area contributed by atoms with Crippen molar-refractivity contribution < 1.29 is 26.6 Å². The quantitative estimate of drug-likeness (QED) is 0.207. The molecular weight excluding hydrogens is 316 g/mol. The molecule has 0 rings (SSSR count). The summed E-state index contributed by atoms with van der Waals surface area (Å²) in [4.78, 5) is 11.7. The van der Waals surface area contributed by atoms with Crippen molar-refractivity contribution >= 4 is 5.97 Å². The Morgan fingerprint density at radius 2 is 1.52 bits per heavy atom. The largest absolute Gasteiger partial charge is 0.463 e. The van der Waals surface area contributed by atoms with Crippen LogP contribution in [0.15, 0.2) is 12.2 Å². The molecule has 0 aromatic carbocycles. The number of esters is 1. The Morgan fingerprint density at radius 3 is 2.08 bits per heavy atom. The molecule has 0 saturated carbocycles. The minimum absolute atomic E-state index is 0.0951. The first-order chi connectivity index (χ1) is 14.0. The van der Waals surface area contributed by atoms with E-state index < -0.39 is 25.2 Å². The van der Waals surface area contributed by atoms with Gasteiger partial charge in [-0.15, -0.1) is 0 Å². The first kappa shape index (κ1) is 16.3. The Kier molecular flexibility index (Phi) is 12.7. The first-order valence-electron chi connectivity index (χ1n) is 12.3. The molecule has 0 bridgehead atoms. The highest BCUT2D eigenvalue weighted by atomic mass is 16.5. The Hall–Kier alpha value is -0.870. The van der Waals surface area contributed by atoms with E-state index in [0.29, 0.717) is 6.42 Å². The van der Waals surface area contributed by atoms with Crippen LogP contribution in [0.5, 0.6) is 0 Å². The predicted octanol–water partition coefficient (Wildman–Crippen LogP) is 4.92. The Morgan fingerprint density at radius 1 is 1.00 bits per heavy atom. The normalized spacial score (nSPS) is 18.0. The molecule has 0 spiro atoms. The molecule has 1 unspecified atom stereocenters. The van der Waals surface area contributed by atoms with Gasteiger partial charge in [-0.25, -0.2) is 0 Å². The van der Waals surface area contributed by atoms with E-state index in [0.717, 1.165) is 38.5 Å². The molecule has 4 heteroatoms. The zero-order chi connectivity index (χ0) is 23.1. The smallest absolute Gasteiger partial charge is 0.305 e. The molecule has 0 amide bonds. The van der Waals surface area contributed by atoms with Gasteiger partial charge in [0, 0.05) is 6.42 Å². The van der Waals surface area contributed by atoms with Crippen LogP contribution in [0, 0.1) is 0 Å². The summed E-state index contributed by atoms with van der Waals surface area (Å²) in [5.41, 5.74) is 0. The number of carbonyl (C=O) groups is 1. The summed E-state index contributed by atoms with van der Waals surface area (Å²) in [6.07, 6.45) is 15.1. The standard InChI is InChI=1S/C21H40O4/c1-2-3-4-5-6-7-8-9-10-11-12-13-14-15-16-17-21(24)25-19-20(23)18-22/h9-10,20,22-23H,2-8,11-19H2,1H3/b10-9+/i18D2,19D2,20D. The zero-order valence-corrected chi connectivity index (χ0v) is 15.8. The second-order valence-electron chi connectivity index (χ2n) is 6.37. The minimum Gasteiger partial charge on any atom is -0.463 e. The maximum atomic E-state index is 11.7. The van der Waals surface area contributed by atoms with Crippen LogP contribution < -0.4 is 0 Å². The highest BCUT2D eigenvalue weighted by Gasteiger charge is 2.07. The lowest BCUT2D eigenvalue weighted by Crippen LogP contribution is -2.21. The van der Waals surface area contributed by atoms with Crippen molar-refractivity contribution in [3.63, 3.8) is 0 Å². The van der Waals surface area contributed by atoms with E-state index in [4.69, 9.17) is 12.0 Å². The summed E-state index contributed by atoms with van der Waals surface area (Å²) in [7, 11) is 0. The van der Waals surface area contributed by atoms with Crippen molar-refractivity contribution in [2.45, 2.75) is 103 Å². The Bertz CT molecular complexity index is 490. The molecule has 148 valence electrons. The van der Waals surface area contributed by atoms with Gasteiger partial charge in [0.15, 0.2) is 0 Å². The second kappa shape index (κ2) is 19.5. The lowest BCUT2D eigenvalue weighted by Gasteiger charge is -2.08. The van der Waals surface area contributed by atoms with Gasteiger partial charge in [-0.05, 0) is 32.1 Å². The second-order valence-corrected chi connectivity index (χ2v) is 6.37. The molecule has 1 atom stereocenters. The lowest BCUT2D eigenvalue weighted by atomic mass is 10.1. The highest BCUT2D eigenvalue weighted by molar-refractivity contribution is 5.69. The van der Waals surface area contributed by atoms with Crippen molar-refractivity contribution in [2.24, 2.45) is 0 Å². The number of hydrogen-bond donors (Lipinski definition) is 2. The minimum atomic E-state index is -3.63. The Labute approximate surface area is 161 Å². The van der Waals surface area contributed by atoms with Crippen molar-refractivity contribution in [3.8, 4) is 0 Å². The molecule has 4 nitrogen and oxygen atoms in total. The van der Waals surface area contributed by atoms with E-state index in [1.54, 1.807) is 0 Å². The van der Waals surface area contributed by atoms with Crippen LogP contribution in [-0.4, -0.2) is 35.4 Å². The molecule has 0 aliphatic heterocycles. The average Bonchev–Trinajstić information content (AvgIpc) is 2.63. The van der Waals surface area contributed by atoms with Crippen molar-refractivity contribution in [1.82, 2.24) is 0 Å². The van der Waals surface area contributed by atoms with Gasteiger partial charge in [-0.3, -0.25) is 4.79 Å². The van der Waals surface area contributed by atoms with Crippen LogP contribution in [0.25, 0.3) is 0 Å². The van der Waals surface area contributed by atoms with Gasteiger partial charge in [-0.1, -0.05) is 70.4 Å². The maximum Gasteiger partial charge on any atom is 0.305 e. The van der Waals surface area contributed by atoms with Crippen LogP contribution in [0.3, 0.4) is 0 Å². The first-order valence-corrected chi connectivity index (χ1v) is 9.77. The number of allylic oxidation sites excluding steroid dienone is 2. The molecular formula is C21H40O4. The molecule has 0 fully saturated rings. The average molecular weight is 362 g/mol. The SMILES string of the molecule is [2H]C([2H])(O)C([2H])(O)C([2H])([2H])OC(=O)CCCCCCC/C=C/CCCCCCCC. The van der Waals surface area contributed by atoms with E-state index in [-0.39, 0.29) is 6.42 Å². The number of rotatable bonds is 18. The summed E-state index contributed by atoms with van der Waals surface area (Å²) in [6, 6.07) is 0. The molecule has 0 radical (unpaired) electrons. The molecule has 0 heterocycles. The third-order valence-electron chi connectivity index (χ3n) is 4.01. The van der Waals surface area contributed by atoms with Gasteiger partial charge in [0.1, 0.15) is 12.6 Å². The summed E-state index contributed by atoms with van der Waals surface area (Å²) >= 11 is 0. The Balaban J connectivity index is 3.73. The summed E-state index contributed by atoms with van der Waals surface area (Å²) in [6.45, 7) is -4.73. The van der Waals surface area contributed by atoms with Crippen LogP contribution >= 0.6 is 0 Å². The van der Waals surface area contributed by atoms with E-state index in [1.165, 1.54) is 38.5 Å². The van der Waals surface area contributed by atoms with Gasteiger partial charge in [0.2, 0.25) is 0 Å². The maximum absolute atomic E-state index is 11.7. The molecule has 25 heavy (non-hydrogen) atoms. The number of carbonyl (C=O) groups excluding carboxylic acids is 1. The van der Waals surface area contributed by atoms with Crippen LogP contribution in [-0.2, 0) is 9.53 Å². The van der Waals surface area contributed by atoms with Crippen molar-refractivity contribution in [2.75, 3.05) is 13.1 Å². The van der Waals surface area contributed by atoms with Gasteiger partial charge >= 0.3 is 5.97 Å². The molecule has 0 aliphatic carbocycles. The van der Waals surface area contributed by atoms with Gasteiger partial charge in [0.05, 0.1) is 13.4 Å². The van der Waals surface area contributed by atoms with Crippen LogP contribution in [0.1, 0.15) is 104 Å². The van der Waals surface area contributed by atoms with Gasteiger partial charge < -0.3 is 14.9 Å². The zero-order valence-electron chi connectivity index (χ0n) is 20.8. The molecule has 0 saturated heterocycles. The highest BCUT2D eigenvalue weighted by Crippen LogP contribution is 2.10. The fraction of sp³-hybridized carbons (Fsp3) is 0.857. The molecule has 2 N–H and O–H groups in total. The summed E-state index contributed by atoms with van der Waals surface area (Å²) < 4.78 is 40.2. The van der Waals surface area contributed by atoms with Crippen molar-refractivity contribution in [1.29, 1.82) is 0 Å². The van der Waals surface area contributed by atoms with E-state index >= 15 is 0 Å². The summed E-state index contributed by atoms with van der Waals surface area (Å²) in [5.74, 6) is -0.979. The third kappa shape index (κ3) is 19.3. The monoisotopic (exact) mass is 361 g/mol. The van der Waals surface area contributed by atoms with E-state index in [2.05, 4.69) is 23.8 Å². The number of unbranched alkanes of at least 4 members (excludes halogenated alkanes) is 11. The predicted molar refractivity (Wildman–Crippen MR) is 104 cm³/mol. The van der Waals surface area contributed by atoms with Gasteiger partial charge in [0.25, 0.3) is 0 Å².